The summed E-state index contributed by atoms with van der Waals surface area (Å²) < 4.78 is 1.27. The van der Waals surface area contributed by atoms with Crippen molar-refractivity contribution in [3.63, 3.8) is 0 Å². The first-order valence-corrected chi connectivity index (χ1v) is 8.80. The Balaban J connectivity index is 1.78. The summed E-state index contributed by atoms with van der Waals surface area (Å²) in [7, 11) is 0. The first-order valence-electron chi connectivity index (χ1n) is 6.31. The molecule has 0 spiro atoms. The van der Waals surface area contributed by atoms with Crippen molar-refractivity contribution in [2.75, 3.05) is 0 Å². The molecule has 96 valence electrons. The van der Waals surface area contributed by atoms with Gasteiger partial charge in [0.25, 0.3) is 0 Å². The van der Waals surface area contributed by atoms with Crippen LogP contribution >= 0.6 is 38.6 Å². The number of hydrogen-bond acceptors (Lipinski definition) is 3. The third-order valence-corrected chi connectivity index (χ3v) is 6.27. The Morgan fingerprint density at radius 3 is 3.17 bits per heavy atom. The summed E-state index contributed by atoms with van der Waals surface area (Å²) in [5.74, 6) is 0. The Morgan fingerprint density at radius 2 is 2.39 bits per heavy atom. The van der Waals surface area contributed by atoms with E-state index in [0.29, 0.717) is 12.1 Å². The van der Waals surface area contributed by atoms with Gasteiger partial charge in [-0.05, 0) is 65.2 Å². The fourth-order valence-corrected chi connectivity index (χ4v) is 5.18. The first kappa shape index (κ1) is 12.9. The van der Waals surface area contributed by atoms with E-state index < -0.39 is 0 Å². The van der Waals surface area contributed by atoms with E-state index in [1.54, 1.807) is 4.88 Å². The molecule has 1 unspecified atom stereocenters. The summed E-state index contributed by atoms with van der Waals surface area (Å²) in [4.78, 5) is 2.99. The van der Waals surface area contributed by atoms with Gasteiger partial charge in [0.1, 0.15) is 0 Å². The number of hydrogen-bond donors (Lipinski definition) is 1. The summed E-state index contributed by atoms with van der Waals surface area (Å²) in [5, 5.41) is 5.94. The molecule has 1 nitrogen and oxygen atoms in total. The van der Waals surface area contributed by atoms with Crippen molar-refractivity contribution in [3.8, 4) is 0 Å². The van der Waals surface area contributed by atoms with E-state index in [1.165, 1.54) is 33.5 Å². The minimum atomic E-state index is 0.444. The molecule has 4 heteroatoms. The van der Waals surface area contributed by atoms with Crippen molar-refractivity contribution < 1.29 is 0 Å². The predicted octanol–water partition coefficient (Wildman–Crippen LogP) is 5.30. The molecule has 18 heavy (non-hydrogen) atoms. The Hall–Kier alpha value is -0.160. The fraction of sp³-hybridized carbons (Fsp3) is 0.429. The van der Waals surface area contributed by atoms with Gasteiger partial charge in [0.05, 0.1) is 3.79 Å². The molecule has 1 aliphatic rings. The summed E-state index contributed by atoms with van der Waals surface area (Å²) in [5.41, 5.74) is 1.52. The lowest BCUT2D eigenvalue weighted by atomic mass is 9.93. The van der Waals surface area contributed by atoms with Crippen molar-refractivity contribution in [1.82, 2.24) is 5.32 Å². The van der Waals surface area contributed by atoms with Crippen LogP contribution in [-0.4, -0.2) is 0 Å². The topological polar surface area (TPSA) is 12.0 Å². The highest BCUT2D eigenvalue weighted by Crippen LogP contribution is 2.39. The van der Waals surface area contributed by atoms with E-state index in [9.17, 15) is 0 Å². The van der Waals surface area contributed by atoms with Crippen LogP contribution in [0.15, 0.2) is 27.4 Å². The second-order valence-corrected chi connectivity index (χ2v) is 8.27. The van der Waals surface area contributed by atoms with Crippen LogP contribution in [0, 0.1) is 0 Å². The molecule has 2 aromatic rings. The molecule has 2 heterocycles. The highest BCUT2D eigenvalue weighted by Gasteiger charge is 2.24. The van der Waals surface area contributed by atoms with E-state index in [4.69, 9.17) is 0 Å². The van der Waals surface area contributed by atoms with Crippen LogP contribution in [0.4, 0.5) is 0 Å². The van der Waals surface area contributed by atoms with Gasteiger partial charge < -0.3 is 5.32 Å². The quantitative estimate of drug-likeness (QED) is 0.798. The molecule has 3 rings (SSSR count). The zero-order valence-electron chi connectivity index (χ0n) is 10.3. The molecule has 0 amide bonds. The van der Waals surface area contributed by atoms with Crippen LogP contribution in [0.5, 0.6) is 0 Å². The van der Waals surface area contributed by atoms with Gasteiger partial charge in [0.2, 0.25) is 0 Å². The molecule has 0 saturated heterocycles. The SMILES string of the molecule is C[C@@H](NC1CCCc2sc(Br)cc21)c1cccs1. The van der Waals surface area contributed by atoms with E-state index in [-0.39, 0.29) is 0 Å². The highest BCUT2D eigenvalue weighted by molar-refractivity contribution is 9.11. The second kappa shape index (κ2) is 5.45. The van der Waals surface area contributed by atoms with Crippen molar-refractivity contribution in [2.45, 2.75) is 38.3 Å². The Labute approximate surface area is 124 Å². The zero-order valence-corrected chi connectivity index (χ0v) is 13.5. The molecule has 0 aromatic carbocycles. The summed E-state index contributed by atoms with van der Waals surface area (Å²) in [6.07, 6.45) is 3.80. The number of thiophene rings is 2. The van der Waals surface area contributed by atoms with Crippen LogP contribution in [0.2, 0.25) is 0 Å². The van der Waals surface area contributed by atoms with E-state index in [0.717, 1.165) is 0 Å². The van der Waals surface area contributed by atoms with Crippen molar-refractivity contribution in [1.29, 1.82) is 0 Å². The maximum absolute atomic E-state index is 3.79. The van der Waals surface area contributed by atoms with Gasteiger partial charge >= 0.3 is 0 Å². The minimum absolute atomic E-state index is 0.444. The average molecular weight is 342 g/mol. The molecular formula is C14H16BrNS2. The third kappa shape index (κ3) is 2.57. The van der Waals surface area contributed by atoms with E-state index >= 15 is 0 Å². The summed E-state index contributed by atoms with van der Waals surface area (Å²) in [6, 6.07) is 7.62. The Morgan fingerprint density at radius 1 is 1.50 bits per heavy atom. The van der Waals surface area contributed by atoms with Crippen LogP contribution in [0.25, 0.3) is 0 Å². The van der Waals surface area contributed by atoms with Crippen molar-refractivity contribution >= 4 is 38.6 Å². The predicted molar refractivity (Wildman–Crippen MR) is 83.6 cm³/mol. The molecule has 0 fully saturated rings. The molecule has 0 radical (unpaired) electrons. The third-order valence-electron chi connectivity index (χ3n) is 3.50. The molecular weight excluding hydrogens is 326 g/mol. The van der Waals surface area contributed by atoms with Gasteiger partial charge in [-0.2, -0.15) is 0 Å². The number of fused-ring (bicyclic) bond motifs is 1. The van der Waals surface area contributed by atoms with Gasteiger partial charge in [-0.25, -0.2) is 0 Å². The lowest BCUT2D eigenvalue weighted by Crippen LogP contribution is -2.26. The van der Waals surface area contributed by atoms with Crippen molar-refractivity contribution in [2.24, 2.45) is 0 Å². The number of rotatable bonds is 3. The zero-order chi connectivity index (χ0) is 12.5. The van der Waals surface area contributed by atoms with Gasteiger partial charge in [-0.1, -0.05) is 6.07 Å². The fourth-order valence-electron chi connectivity index (χ4n) is 2.62. The lowest BCUT2D eigenvalue weighted by molar-refractivity contribution is 0.421. The summed E-state index contributed by atoms with van der Waals surface area (Å²) in [6.45, 7) is 2.27. The molecule has 2 atom stereocenters. The minimum Gasteiger partial charge on any atom is -0.303 e. The van der Waals surface area contributed by atoms with Gasteiger partial charge in [0.15, 0.2) is 0 Å². The van der Waals surface area contributed by atoms with E-state index in [2.05, 4.69) is 51.7 Å². The van der Waals surface area contributed by atoms with Crippen LogP contribution in [0.3, 0.4) is 0 Å². The average Bonchev–Trinajstić information content (AvgIpc) is 2.96. The van der Waals surface area contributed by atoms with Crippen molar-refractivity contribution in [3.05, 3.63) is 42.7 Å². The smallest absolute Gasteiger partial charge is 0.0704 e. The molecule has 0 aliphatic heterocycles. The largest absolute Gasteiger partial charge is 0.303 e. The second-order valence-electron chi connectivity index (χ2n) is 4.78. The number of aryl methyl sites for hydroxylation is 1. The summed E-state index contributed by atoms with van der Waals surface area (Å²) >= 11 is 7.35. The van der Waals surface area contributed by atoms with Crippen LogP contribution in [-0.2, 0) is 6.42 Å². The standard InChI is InChI=1S/C14H16BrNS2/c1-9(12-6-3-7-17-12)16-11-4-2-5-13-10(11)8-14(15)18-13/h3,6-9,11,16H,2,4-5H2,1H3/t9-,11?/m1/s1. The molecule has 1 aliphatic carbocycles. The monoisotopic (exact) mass is 341 g/mol. The Bertz CT molecular complexity index is 518. The van der Waals surface area contributed by atoms with Crippen LogP contribution in [0.1, 0.15) is 47.2 Å². The maximum atomic E-state index is 3.79. The van der Waals surface area contributed by atoms with Crippen LogP contribution < -0.4 is 5.32 Å². The Kier molecular flexibility index (Phi) is 3.89. The van der Waals surface area contributed by atoms with Gasteiger partial charge in [-0.3, -0.25) is 0 Å². The number of halogens is 1. The van der Waals surface area contributed by atoms with Gasteiger partial charge in [-0.15, -0.1) is 22.7 Å². The molecule has 0 bridgehead atoms. The molecule has 2 aromatic heterocycles. The number of nitrogens with one attached hydrogen (secondary N) is 1. The van der Waals surface area contributed by atoms with Gasteiger partial charge in [0, 0.05) is 21.8 Å². The molecule has 0 saturated carbocycles. The normalized spacial score (nSPS) is 20.7. The highest BCUT2D eigenvalue weighted by atomic mass is 79.9. The first-order chi connectivity index (χ1) is 8.74. The maximum Gasteiger partial charge on any atom is 0.0704 e. The van der Waals surface area contributed by atoms with E-state index in [1.807, 2.05) is 22.7 Å². The molecule has 1 N–H and O–H groups in total. The lowest BCUT2D eigenvalue weighted by Gasteiger charge is -2.26.